The molecule has 2 nitrogen and oxygen atoms in total. The molecule has 0 atom stereocenters. The fourth-order valence-electron chi connectivity index (χ4n) is 1.61. The Morgan fingerprint density at radius 1 is 1.38 bits per heavy atom. The van der Waals surface area contributed by atoms with E-state index in [2.05, 4.69) is 15.9 Å². The fourth-order valence-corrected chi connectivity index (χ4v) is 2.18. The van der Waals surface area contributed by atoms with E-state index < -0.39 is 0 Å². The highest BCUT2D eigenvalue weighted by Crippen LogP contribution is 2.32. The van der Waals surface area contributed by atoms with Crippen LogP contribution in [0, 0.1) is 0 Å². The van der Waals surface area contributed by atoms with E-state index in [0.717, 1.165) is 23.2 Å². The lowest BCUT2D eigenvalue weighted by molar-refractivity contribution is 0.108. The van der Waals surface area contributed by atoms with E-state index in [1.165, 1.54) is 11.1 Å². The Morgan fingerprint density at radius 2 is 2.23 bits per heavy atom. The lowest BCUT2D eigenvalue weighted by Crippen LogP contribution is -2.11. The standard InChI is InChI=1S/C10H11BrO2/c1-12-10-3-2-9(11)7-4-5-13-6-8(7)10/h2-3H,4-6H2,1H3. The first-order valence-electron chi connectivity index (χ1n) is 4.25. The number of benzene rings is 1. The van der Waals surface area contributed by atoms with Crippen LogP contribution in [-0.4, -0.2) is 13.7 Å². The summed E-state index contributed by atoms with van der Waals surface area (Å²) < 4.78 is 11.8. The molecular weight excluding hydrogens is 232 g/mol. The summed E-state index contributed by atoms with van der Waals surface area (Å²) in [6.45, 7) is 1.47. The van der Waals surface area contributed by atoms with Crippen molar-refractivity contribution in [1.29, 1.82) is 0 Å². The predicted octanol–water partition coefficient (Wildman–Crippen LogP) is 2.53. The van der Waals surface area contributed by atoms with Crippen molar-refractivity contribution >= 4 is 15.9 Å². The van der Waals surface area contributed by atoms with Crippen LogP contribution in [0.2, 0.25) is 0 Å². The average Bonchev–Trinajstić information content (AvgIpc) is 2.19. The Labute approximate surface area is 86.0 Å². The Balaban J connectivity index is 2.52. The topological polar surface area (TPSA) is 18.5 Å². The van der Waals surface area contributed by atoms with Gasteiger partial charge >= 0.3 is 0 Å². The molecular formula is C10H11BrO2. The zero-order chi connectivity index (χ0) is 9.26. The summed E-state index contributed by atoms with van der Waals surface area (Å²) in [5, 5.41) is 0. The van der Waals surface area contributed by atoms with E-state index in [1.807, 2.05) is 12.1 Å². The van der Waals surface area contributed by atoms with Crippen LogP contribution in [0.5, 0.6) is 5.75 Å². The summed E-state index contributed by atoms with van der Waals surface area (Å²) in [4.78, 5) is 0. The first kappa shape index (κ1) is 9.03. The van der Waals surface area contributed by atoms with Gasteiger partial charge in [-0.25, -0.2) is 0 Å². The van der Waals surface area contributed by atoms with Crippen molar-refractivity contribution in [2.24, 2.45) is 0 Å². The lowest BCUT2D eigenvalue weighted by Gasteiger charge is -2.20. The van der Waals surface area contributed by atoms with Gasteiger partial charge in [0, 0.05) is 10.0 Å². The minimum Gasteiger partial charge on any atom is -0.496 e. The molecule has 0 unspecified atom stereocenters. The molecule has 1 aromatic carbocycles. The molecule has 1 aliphatic heterocycles. The van der Waals surface area contributed by atoms with Crippen LogP contribution in [0.15, 0.2) is 16.6 Å². The third kappa shape index (κ3) is 1.58. The second-order valence-electron chi connectivity index (χ2n) is 3.01. The van der Waals surface area contributed by atoms with Crippen LogP contribution in [0.3, 0.4) is 0 Å². The summed E-state index contributed by atoms with van der Waals surface area (Å²) in [6.07, 6.45) is 0.965. The van der Waals surface area contributed by atoms with Gasteiger partial charge in [-0.05, 0) is 24.1 Å². The SMILES string of the molecule is COc1ccc(Br)c2c1COCC2. The van der Waals surface area contributed by atoms with E-state index in [-0.39, 0.29) is 0 Å². The zero-order valence-electron chi connectivity index (χ0n) is 7.47. The summed E-state index contributed by atoms with van der Waals surface area (Å²) in [5.41, 5.74) is 2.51. The molecule has 0 amide bonds. The maximum atomic E-state index is 5.39. The third-order valence-electron chi connectivity index (χ3n) is 2.29. The van der Waals surface area contributed by atoms with Gasteiger partial charge in [-0.2, -0.15) is 0 Å². The molecule has 0 spiro atoms. The molecule has 13 heavy (non-hydrogen) atoms. The second kappa shape index (κ2) is 3.68. The highest BCUT2D eigenvalue weighted by atomic mass is 79.9. The summed E-state index contributed by atoms with van der Waals surface area (Å²) in [6, 6.07) is 4.00. The molecule has 0 N–H and O–H groups in total. The molecule has 1 heterocycles. The Hall–Kier alpha value is -0.540. The molecule has 1 aliphatic rings. The zero-order valence-corrected chi connectivity index (χ0v) is 9.06. The first-order chi connectivity index (χ1) is 6.33. The number of methoxy groups -OCH3 is 1. The number of hydrogen-bond donors (Lipinski definition) is 0. The van der Waals surface area contributed by atoms with Gasteiger partial charge in [-0.3, -0.25) is 0 Å². The van der Waals surface area contributed by atoms with Gasteiger partial charge in [0.15, 0.2) is 0 Å². The number of fused-ring (bicyclic) bond motifs is 1. The first-order valence-corrected chi connectivity index (χ1v) is 5.04. The number of hydrogen-bond acceptors (Lipinski definition) is 2. The van der Waals surface area contributed by atoms with E-state index in [9.17, 15) is 0 Å². The van der Waals surface area contributed by atoms with Crippen molar-refractivity contribution in [2.45, 2.75) is 13.0 Å². The molecule has 0 saturated heterocycles. The quantitative estimate of drug-likeness (QED) is 0.754. The molecule has 3 heteroatoms. The van der Waals surface area contributed by atoms with Crippen LogP contribution < -0.4 is 4.74 Å². The molecule has 0 bridgehead atoms. The van der Waals surface area contributed by atoms with E-state index in [4.69, 9.17) is 9.47 Å². The van der Waals surface area contributed by atoms with Crippen molar-refractivity contribution in [3.05, 3.63) is 27.7 Å². The van der Waals surface area contributed by atoms with Gasteiger partial charge in [0.25, 0.3) is 0 Å². The number of ether oxygens (including phenoxy) is 2. The Morgan fingerprint density at radius 3 is 3.00 bits per heavy atom. The van der Waals surface area contributed by atoms with Gasteiger partial charge in [0.2, 0.25) is 0 Å². The van der Waals surface area contributed by atoms with E-state index >= 15 is 0 Å². The van der Waals surface area contributed by atoms with Crippen molar-refractivity contribution in [2.75, 3.05) is 13.7 Å². The van der Waals surface area contributed by atoms with Crippen molar-refractivity contribution in [3.8, 4) is 5.75 Å². The lowest BCUT2D eigenvalue weighted by atomic mass is 10.0. The van der Waals surface area contributed by atoms with E-state index in [1.54, 1.807) is 7.11 Å². The number of rotatable bonds is 1. The van der Waals surface area contributed by atoms with Gasteiger partial charge in [-0.15, -0.1) is 0 Å². The summed E-state index contributed by atoms with van der Waals surface area (Å²) >= 11 is 3.53. The maximum absolute atomic E-state index is 5.39. The molecule has 2 rings (SSSR count). The fraction of sp³-hybridized carbons (Fsp3) is 0.400. The number of halogens is 1. The molecule has 1 aromatic rings. The summed E-state index contributed by atoms with van der Waals surface area (Å²) in [7, 11) is 1.69. The average molecular weight is 243 g/mol. The highest BCUT2D eigenvalue weighted by molar-refractivity contribution is 9.10. The largest absolute Gasteiger partial charge is 0.496 e. The van der Waals surface area contributed by atoms with Crippen molar-refractivity contribution in [3.63, 3.8) is 0 Å². The predicted molar refractivity (Wildman–Crippen MR) is 54.1 cm³/mol. The maximum Gasteiger partial charge on any atom is 0.124 e. The van der Waals surface area contributed by atoms with Crippen molar-refractivity contribution < 1.29 is 9.47 Å². The van der Waals surface area contributed by atoms with Gasteiger partial charge in [0.05, 0.1) is 20.3 Å². The second-order valence-corrected chi connectivity index (χ2v) is 3.86. The van der Waals surface area contributed by atoms with Gasteiger partial charge < -0.3 is 9.47 Å². The van der Waals surface area contributed by atoms with Crippen LogP contribution in [-0.2, 0) is 17.8 Å². The minimum atomic E-state index is 0.665. The molecule has 0 fully saturated rings. The van der Waals surface area contributed by atoms with Crippen LogP contribution in [0.4, 0.5) is 0 Å². The minimum absolute atomic E-state index is 0.665. The summed E-state index contributed by atoms with van der Waals surface area (Å²) in [5.74, 6) is 0.929. The Bertz CT molecular complexity index is 323. The monoisotopic (exact) mass is 242 g/mol. The van der Waals surface area contributed by atoms with Crippen molar-refractivity contribution in [1.82, 2.24) is 0 Å². The third-order valence-corrected chi connectivity index (χ3v) is 3.04. The van der Waals surface area contributed by atoms with Gasteiger partial charge in [0.1, 0.15) is 5.75 Å². The molecule has 0 aromatic heterocycles. The van der Waals surface area contributed by atoms with E-state index in [0.29, 0.717) is 6.61 Å². The van der Waals surface area contributed by atoms with Crippen LogP contribution >= 0.6 is 15.9 Å². The normalized spacial score (nSPS) is 15.2. The smallest absolute Gasteiger partial charge is 0.124 e. The molecule has 0 radical (unpaired) electrons. The Kier molecular flexibility index (Phi) is 2.56. The highest BCUT2D eigenvalue weighted by Gasteiger charge is 2.16. The van der Waals surface area contributed by atoms with Crippen LogP contribution in [0.25, 0.3) is 0 Å². The molecule has 0 aliphatic carbocycles. The molecule has 0 saturated carbocycles. The van der Waals surface area contributed by atoms with Gasteiger partial charge in [-0.1, -0.05) is 15.9 Å². The molecule has 70 valence electrons. The van der Waals surface area contributed by atoms with Crippen LogP contribution in [0.1, 0.15) is 11.1 Å².